The topological polar surface area (TPSA) is 59.3 Å². The van der Waals surface area contributed by atoms with Crippen LogP contribution in [0.5, 0.6) is 0 Å². The number of aromatic nitrogens is 1. The molecule has 92 valence electrons. The fraction of sp³-hybridized carbons (Fsp3) is 0.143. The zero-order valence-electron chi connectivity index (χ0n) is 9.96. The van der Waals surface area contributed by atoms with E-state index in [1.807, 2.05) is 6.07 Å². The van der Waals surface area contributed by atoms with Gasteiger partial charge in [-0.3, -0.25) is 14.2 Å². The zero-order chi connectivity index (χ0) is 13.1. The van der Waals surface area contributed by atoms with Gasteiger partial charge in [-0.2, -0.15) is 0 Å². The van der Waals surface area contributed by atoms with Crippen LogP contribution in [0.25, 0.3) is 0 Å². The molecule has 4 heteroatoms. The molecule has 18 heavy (non-hydrogen) atoms. The van der Waals surface area contributed by atoms with Crippen LogP contribution >= 0.6 is 0 Å². The van der Waals surface area contributed by atoms with Gasteiger partial charge in [0, 0.05) is 17.5 Å². The third-order valence-electron chi connectivity index (χ3n) is 2.83. The Bertz CT molecular complexity index is 584. The number of aliphatic carboxylic acids is 1. The summed E-state index contributed by atoms with van der Waals surface area (Å²) in [4.78, 5) is 22.9. The van der Waals surface area contributed by atoms with Gasteiger partial charge in [0.1, 0.15) is 0 Å². The van der Waals surface area contributed by atoms with E-state index in [-0.39, 0.29) is 12.3 Å². The predicted octanol–water partition coefficient (Wildman–Crippen LogP) is 2.11. The number of carboxylic acids is 1. The maximum Gasteiger partial charge on any atom is 0.307 e. The van der Waals surface area contributed by atoms with E-state index in [9.17, 15) is 9.59 Å². The molecular formula is C14H13NO3. The Morgan fingerprint density at radius 1 is 1.17 bits per heavy atom. The molecule has 1 aromatic carbocycles. The lowest BCUT2D eigenvalue weighted by atomic mass is 10.2. The number of rotatable bonds is 3. The summed E-state index contributed by atoms with van der Waals surface area (Å²) in [5.74, 6) is -1.05. The second-order valence-electron chi connectivity index (χ2n) is 4.04. The van der Waals surface area contributed by atoms with Crippen LogP contribution in [0.2, 0.25) is 0 Å². The van der Waals surface area contributed by atoms with Crippen molar-refractivity contribution in [1.29, 1.82) is 0 Å². The lowest BCUT2D eigenvalue weighted by Gasteiger charge is -2.05. The first-order valence-corrected chi connectivity index (χ1v) is 5.58. The van der Waals surface area contributed by atoms with Crippen LogP contribution in [-0.4, -0.2) is 21.6 Å². The SMILES string of the molecule is Cc1c(CC(=O)O)ccn1C(=O)c1ccccc1. The number of carbonyl (C=O) groups excluding carboxylic acids is 1. The summed E-state index contributed by atoms with van der Waals surface area (Å²) in [7, 11) is 0. The summed E-state index contributed by atoms with van der Waals surface area (Å²) in [6, 6.07) is 10.6. The van der Waals surface area contributed by atoms with Gasteiger partial charge in [0.05, 0.1) is 6.42 Å². The highest BCUT2D eigenvalue weighted by Crippen LogP contribution is 2.13. The molecule has 0 spiro atoms. The van der Waals surface area contributed by atoms with Gasteiger partial charge in [0.2, 0.25) is 0 Å². The van der Waals surface area contributed by atoms with E-state index >= 15 is 0 Å². The van der Waals surface area contributed by atoms with Crippen LogP contribution in [0.4, 0.5) is 0 Å². The summed E-state index contributed by atoms with van der Waals surface area (Å²) in [6.07, 6.45) is 1.55. The van der Waals surface area contributed by atoms with Gasteiger partial charge in [-0.05, 0) is 30.7 Å². The monoisotopic (exact) mass is 243 g/mol. The summed E-state index contributed by atoms with van der Waals surface area (Å²) in [6.45, 7) is 1.75. The van der Waals surface area contributed by atoms with E-state index in [2.05, 4.69) is 0 Å². The molecule has 2 rings (SSSR count). The third kappa shape index (κ3) is 2.32. The number of carbonyl (C=O) groups is 2. The number of carboxylic acid groups (broad SMARTS) is 1. The average Bonchev–Trinajstić information content (AvgIpc) is 2.71. The number of hydrogen-bond acceptors (Lipinski definition) is 2. The standard InChI is InChI=1S/C14H13NO3/c1-10-12(9-13(16)17)7-8-15(10)14(18)11-5-3-2-4-6-11/h2-8H,9H2,1H3,(H,16,17). The van der Waals surface area contributed by atoms with Crippen molar-refractivity contribution in [3.05, 3.63) is 59.4 Å². The van der Waals surface area contributed by atoms with Crippen LogP contribution in [0.1, 0.15) is 21.6 Å². The number of nitrogens with zero attached hydrogens (tertiary/aromatic N) is 1. The van der Waals surface area contributed by atoms with E-state index in [0.29, 0.717) is 16.8 Å². The number of benzene rings is 1. The van der Waals surface area contributed by atoms with Crippen molar-refractivity contribution in [2.75, 3.05) is 0 Å². The Morgan fingerprint density at radius 2 is 1.83 bits per heavy atom. The summed E-state index contributed by atoms with van der Waals surface area (Å²) in [5, 5.41) is 8.76. The molecule has 1 heterocycles. The third-order valence-corrected chi connectivity index (χ3v) is 2.83. The second-order valence-corrected chi connectivity index (χ2v) is 4.04. The highest BCUT2D eigenvalue weighted by molar-refractivity contribution is 5.96. The molecule has 0 radical (unpaired) electrons. The largest absolute Gasteiger partial charge is 0.481 e. The van der Waals surface area contributed by atoms with Gasteiger partial charge in [0.15, 0.2) is 0 Å². The van der Waals surface area contributed by atoms with Gasteiger partial charge in [-0.25, -0.2) is 0 Å². The van der Waals surface area contributed by atoms with E-state index in [0.717, 1.165) is 0 Å². The van der Waals surface area contributed by atoms with Crippen LogP contribution < -0.4 is 0 Å². The summed E-state index contributed by atoms with van der Waals surface area (Å²) < 4.78 is 1.48. The molecule has 1 aromatic heterocycles. The molecule has 4 nitrogen and oxygen atoms in total. The molecule has 0 amide bonds. The van der Waals surface area contributed by atoms with Crippen molar-refractivity contribution < 1.29 is 14.7 Å². The second kappa shape index (κ2) is 4.87. The van der Waals surface area contributed by atoms with E-state index in [1.54, 1.807) is 43.5 Å². The molecule has 0 bridgehead atoms. The quantitative estimate of drug-likeness (QED) is 0.898. The van der Waals surface area contributed by atoms with Gasteiger partial charge < -0.3 is 5.11 Å². The molecule has 0 fully saturated rings. The Labute approximate surface area is 104 Å². The van der Waals surface area contributed by atoms with Crippen LogP contribution in [0.3, 0.4) is 0 Å². The van der Waals surface area contributed by atoms with Crippen molar-refractivity contribution in [3.8, 4) is 0 Å². The minimum atomic E-state index is -0.900. The first-order chi connectivity index (χ1) is 8.59. The lowest BCUT2D eigenvalue weighted by Crippen LogP contribution is -2.13. The maximum absolute atomic E-state index is 12.2. The molecule has 0 atom stereocenters. The summed E-state index contributed by atoms with van der Waals surface area (Å²) >= 11 is 0. The normalized spacial score (nSPS) is 10.3. The average molecular weight is 243 g/mol. The predicted molar refractivity (Wildman–Crippen MR) is 66.7 cm³/mol. The van der Waals surface area contributed by atoms with E-state index in [1.165, 1.54) is 4.57 Å². The Morgan fingerprint density at radius 3 is 2.44 bits per heavy atom. The Hall–Kier alpha value is -2.36. The van der Waals surface area contributed by atoms with Gasteiger partial charge in [0.25, 0.3) is 5.91 Å². The summed E-state index contributed by atoms with van der Waals surface area (Å²) in [5.41, 5.74) is 1.91. The van der Waals surface area contributed by atoms with Crippen LogP contribution in [-0.2, 0) is 11.2 Å². The first-order valence-electron chi connectivity index (χ1n) is 5.58. The smallest absolute Gasteiger partial charge is 0.307 e. The van der Waals surface area contributed by atoms with Crippen LogP contribution in [0.15, 0.2) is 42.6 Å². The highest BCUT2D eigenvalue weighted by atomic mass is 16.4. The van der Waals surface area contributed by atoms with Crippen molar-refractivity contribution >= 4 is 11.9 Å². The minimum Gasteiger partial charge on any atom is -0.481 e. The fourth-order valence-electron chi connectivity index (χ4n) is 1.84. The molecule has 2 aromatic rings. The van der Waals surface area contributed by atoms with Gasteiger partial charge >= 0.3 is 5.97 Å². The molecular weight excluding hydrogens is 230 g/mol. The van der Waals surface area contributed by atoms with E-state index in [4.69, 9.17) is 5.11 Å². The minimum absolute atomic E-state index is 0.0685. The molecule has 0 saturated heterocycles. The maximum atomic E-state index is 12.2. The van der Waals surface area contributed by atoms with Crippen molar-refractivity contribution in [2.24, 2.45) is 0 Å². The Balaban J connectivity index is 2.32. The lowest BCUT2D eigenvalue weighted by molar-refractivity contribution is -0.136. The molecule has 0 aliphatic carbocycles. The van der Waals surface area contributed by atoms with Crippen molar-refractivity contribution in [3.63, 3.8) is 0 Å². The zero-order valence-corrected chi connectivity index (χ0v) is 9.96. The molecule has 0 aliphatic heterocycles. The fourth-order valence-corrected chi connectivity index (χ4v) is 1.84. The van der Waals surface area contributed by atoms with E-state index < -0.39 is 5.97 Å². The highest BCUT2D eigenvalue weighted by Gasteiger charge is 2.14. The molecule has 0 saturated carbocycles. The molecule has 0 unspecified atom stereocenters. The first kappa shape index (κ1) is 12.1. The van der Waals surface area contributed by atoms with Crippen LogP contribution in [0, 0.1) is 6.92 Å². The number of hydrogen-bond donors (Lipinski definition) is 1. The van der Waals surface area contributed by atoms with Crippen molar-refractivity contribution in [2.45, 2.75) is 13.3 Å². The van der Waals surface area contributed by atoms with Crippen molar-refractivity contribution in [1.82, 2.24) is 4.57 Å². The van der Waals surface area contributed by atoms with Gasteiger partial charge in [-0.15, -0.1) is 0 Å². The van der Waals surface area contributed by atoms with Gasteiger partial charge in [-0.1, -0.05) is 18.2 Å². The Kier molecular flexibility index (Phi) is 3.28. The molecule has 1 N–H and O–H groups in total. The molecule has 0 aliphatic rings.